The van der Waals surface area contributed by atoms with Crippen LogP contribution in [0.5, 0.6) is 17.2 Å². The molecule has 0 aromatic heterocycles. The molecular weight excluding hydrogens is 480 g/mol. The molecule has 6 rings (SSSR count). The van der Waals surface area contributed by atoms with Gasteiger partial charge in [0.05, 0.1) is 25.4 Å². The molecule has 3 aliphatic heterocycles. The number of hydrogen-bond donors (Lipinski definition) is 0. The van der Waals surface area contributed by atoms with Crippen molar-refractivity contribution in [2.45, 2.75) is 19.0 Å². The molecule has 0 radical (unpaired) electrons. The van der Waals surface area contributed by atoms with E-state index in [1.165, 1.54) is 5.56 Å². The van der Waals surface area contributed by atoms with Crippen molar-refractivity contribution in [2.75, 3.05) is 46.6 Å². The summed E-state index contributed by atoms with van der Waals surface area (Å²) >= 11 is 0. The van der Waals surface area contributed by atoms with Gasteiger partial charge in [0.2, 0.25) is 6.79 Å². The second kappa shape index (κ2) is 10.8. The summed E-state index contributed by atoms with van der Waals surface area (Å²) < 4.78 is 16.4. The van der Waals surface area contributed by atoms with Gasteiger partial charge in [-0.05, 0) is 53.1 Å². The van der Waals surface area contributed by atoms with E-state index in [2.05, 4.69) is 34.1 Å². The van der Waals surface area contributed by atoms with E-state index < -0.39 is 0 Å². The zero-order chi connectivity index (χ0) is 25.9. The molecule has 3 aromatic rings. The van der Waals surface area contributed by atoms with Crippen LogP contribution in [0.4, 0.5) is 0 Å². The highest BCUT2D eigenvalue weighted by atomic mass is 16.7. The number of benzene rings is 3. The Kier molecular flexibility index (Phi) is 6.98. The van der Waals surface area contributed by atoms with Gasteiger partial charge in [-0.25, -0.2) is 5.01 Å². The van der Waals surface area contributed by atoms with Gasteiger partial charge in [0.25, 0.3) is 5.91 Å². The maximum atomic E-state index is 13.7. The van der Waals surface area contributed by atoms with Crippen LogP contribution in [0.25, 0.3) is 0 Å². The topological polar surface area (TPSA) is 66.8 Å². The van der Waals surface area contributed by atoms with Gasteiger partial charge in [0.1, 0.15) is 5.75 Å². The molecule has 0 aliphatic carbocycles. The Labute approximate surface area is 223 Å². The summed E-state index contributed by atoms with van der Waals surface area (Å²) in [5.74, 6) is 2.24. The summed E-state index contributed by atoms with van der Waals surface area (Å²) in [6.45, 7) is 5.10. The maximum absolute atomic E-state index is 13.7. The second-order valence-electron chi connectivity index (χ2n) is 9.88. The molecule has 3 aromatic carbocycles. The first kappa shape index (κ1) is 24.5. The number of carbonyl (C=O) groups is 1. The minimum Gasteiger partial charge on any atom is -0.497 e. The van der Waals surface area contributed by atoms with E-state index in [1.54, 1.807) is 12.1 Å². The molecular formula is C30H32N4O4. The lowest BCUT2D eigenvalue weighted by Crippen LogP contribution is -2.49. The summed E-state index contributed by atoms with van der Waals surface area (Å²) in [6.07, 6.45) is 0.628. The minimum atomic E-state index is -0.200. The van der Waals surface area contributed by atoms with Crippen LogP contribution in [-0.4, -0.2) is 73.1 Å². The molecule has 3 aliphatic rings. The standard InChI is InChI=1S/C30H32N4O4/c1-36-25-10-7-23(8-11-25)26-18-27(24-9-12-28-29(17-24)38-21-37-28)34(31-26)30(35)20-33-15-13-32(14-16-33)19-22-5-3-2-4-6-22/h2-12,17,27H,13-16,18-21H2,1H3. The van der Waals surface area contributed by atoms with Gasteiger partial charge < -0.3 is 14.2 Å². The number of hydrogen-bond acceptors (Lipinski definition) is 7. The fourth-order valence-corrected chi connectivity index (χ4v) is 5.29. The van der Waals surface area contributed by atoms with Crippen LogP contribution in [0.1, 0.15) is 29.2 Å². The van der Waals surface area contributed by atoms with Crippen molar-refractivity contribution in [1.29, 1.82) is 0 Å². The number of amides is 1. The zero-order valence-corrected chi connectivity index (χ0v) is 21.6. The number of fused-ring (bicyclic) bond motifs is 1. The third kappa shape index (κ3) is 5.23. The molecule has 3 heterocycles. The molecule has 38 heavy (non-hydrogen) atoms. The van der Waals surface area contributed by atoms with Crippen LogP contribution < -0.4 is 14.2 Å². The lowest BCUT2D eigenvalue weighted by Gasteiger charge is -2.35. The van der Waals surface area contributed by atoms with Crippen LogP contribution >= 0.6 is 0 Å². The molecule has 1 atom stereocenters. The molecule has 0 N–H and O–H groups in total. The zero-order valence-electron chi connectivity index (χ0n) is 21.6. The summed E-state index contributed by atoms with van der Waals surface area (Å²) in [6, 6.07) is 24.1. The van der Waals surface area contributed by atoms with E-state index in [1.807, 2.05) is 48.5 Å². The molecule has 1 saturated heterocycles. The monoisotopic (exact) mass is 512 g/mol. The molecule has 0 saturated carbocycles. The predicted molar refractivity (Wildman–Crippen MR) is 144 cm³/mol. The normalized spacial score (nSPS) is 19.4. The number of piperazine rings is 1. The number of carbonyl (C=O) groups excluding carboxylic acids is 1. The van der Waals surface area contributed by atoms with Gasteiger partial charge in [-0.1, -0.05) is 36.4 Å². The first-order valence-corrected chi connectivity index (χ1v) is 13.1. The fourth-order valence-electron chi connectivity index (χ4n) is 5.29. The van der Waals surface area contributed by atoms with Crippen molar-refractivity contribution in [3.05, 3.63) is 89.5 Å². The van der Waals surface area contributed by atoms with Crippen LogP contribution in [0, 0.1) is 0 Å². The summed E-state index contributed by atoms with van der Waals surface area (Å²) in [5, 5.41) is 6.53. The van der Waals surface area contributed by atoms with Gasteiger partial charge in [-0.15, -0.1) is 0 Å². The third-order valence-corrected chi connectivity index (χ3v) is 7.44. The van der Waals surface area contributed by atoms with Crippen molar-refractivity contribution < 1.29 is 19.0 Å². The van der Waals surface area contributed by atoms with E-state index in [9.17, 15) is 4.79 Å². The smallest absolute Gasteiger partial charge is 0.257 e. The third-order valence-electron chi connectivity index (χ3n) is 7.44. The van der Waals surface area contributed by atoms with E-state index in [-0.39, 0.29) is 18.7 Å². The molecule has 1 amide bonds. The molecule has 8 heteroatoms. The minimum absolute atomic E-state index is 0.00712. The van der Waals surface area contributed by atoms with E-state index >= 15 is 0 Å². The summed E-state index contributed by atoms with van der Waals surface area (Å²) in [7, 11) is 1.65. The highest BCUT2D eigenvalue weighted by Crippen LogP contribution is 2.39. The fraction of sp³-hybridized carbons (Fsp3) is 0.333. The van der Waals surface area contributed by atoms with Gasteiger partial charge in [0.15, 0.2) is 11.5 Å². The highest BCUT2D eigenvalue weighted by molar-refractivity contribution is 6.03. The van der Waals surface area contributed by atoms with Gasteiger partial charge in [0, 0.05) is 39.1 Å². The molecule has 8 nitrogen and oxygen atoms in total. The van der Waals surface area contributed by atoms with Crippen molar-refractivity contribution in [3.63, 3.8) is 0 Å². The van der Waals surface area contributed by atoms with Crippen molar-refractivity contribution in [3.8, 4) is 17.2 Å². The second-order valence-corrected chi connectivity index (χ2v) is 9.88. The lowest BCUT2D eigenvalue weighted by atomic mass is 9.98. The number of methoxy groups -OCH3 is 1. The van der Waals surface area contributed by atoms with Gasteiger partial charge >= 0.3 is 0 Å². The van der Waals surface area contributed by atoms with Crippen molar-refractivity contribution >= 4 is 11.6 Å². The Morgan fingerprint density at radius 3 is 2.42 bits per heavy atom. The quantitative estimate of drug-likeness (QED) is 0.478. The van der Waals surface area contributed by atoms with Crippen LogP contribution in [0.3, 0.4) is 0 Å². The number of nitrogens with zero attached hydrogens (tertiary/aromatic N) is 4. The Bertz CT molecular complexity index is 1300. The Morgan fingerprint density at radius 1 is 0.921 bits per heavy atom. The highest BCUT2D eigenvalue weighted by Gasteiger charge is 2.35. The van der Waals surface area contributed by atoms with Crippen LogP contribution in [0.2, 0.25) is 0 Å². The van der Waals surface area contributed by atoms with Crippen LogP contribution in [0.15, 0.2) is 77.9 Å². The van der Waals surface area contributed by atoms with E-state index in [4.69, 9.17) is 19.3 Å². The van der Waals surface area contributed by atoms with E-state index in [0.717, 1.165) is 61.1 Å². The Hall–Kier alpha value is -3.88. The molecule has 0 spiro atoms. The molecule has 1 unspecified atom stereocenters. The van der Waals surface area contributed by atoms with Gasteiger partial charge in [-0.2, -0.15) is 5.10 Å². The average Bonchev–Trinajstić information content (AvgIpc) is 3.62. The first-order chi connectivity index (χ1) is 18.7. The van der Waals surface area contributed by atoms with Crippen LogP contribution in [-0.2, 0) is 11.3 Å². The molecule has 1 fully saturated rings. The summed E-state index contributed by atoms with van der Waals surface area (Å²) in [5.41, 5.74) is 4.18. The number of rotatable bonds is 7. The lowest BCUT2D eigenvalue weighted by molar-refractivity contribution is -0.134. The summed E-state index contributed by atoms with van der Waals surface area (Å²) in [4.78, 5) is 18.4. The average molecular weight is 513 g/mol. The Balaban J connectivity index is 1.16. The predicted octanol–water partition coefficient (Wildman–Crippen LogP) is 3.92. The SMILES string of the molecule is COc1ccc(C2=NN(C(=O)CN3CCN(Cc4ccccc4)CC3)C(c3ccc4c(c3)OCO4)C2)cc1. The van der Waals surface area contributed by atoms with E-state index in [0.29, 0.717) is 18.7 Å². The first-order valence-electron chi connectivity index (χ1n) is 13.1. The number of hydrazone groups is 1. The largest absolute Gasteiger partial charge is 0.497 e. The van der Waals surface area contributed by atoms with Crippen molar-refractivity contribution in [2.24, 2.45) is 5.10 Å². The maximum Gasteiger partial charge on any atom is 0.257 e. The number of ether oxygens (including phenoxy) is 3. The molecule has 0 bridgehead atoms. The Morgan fingerprint density at radius 2 is 1.66 bits per heavy atom. The molecule has 196 valence electrons. The van der Waals surface area contributed by atoms with Gasteiger partial charge in [-0.3, -0.25) is 14.6 Å². The van der Waals surface area contributed by atoms with Crippen molar-refractivity contribution in [1.82, 2.24) is 14.8 Å².